The summed E-state index contributed by atoms with van der Waals surface area (Å²) in [7, 11) is 2.33. The van der Waals surface area contributed by atoms with Crippen molar-refractivity contribution in [2.75, 3.05) is 7.05 Å². The van der Waals surface area contributed by atoms with Gasteiger partial charge in [0.05, 0.1) is 0 Å². The van der Waals surface area contributed by atoms with Gasteiger partial charge in [0.15, 0.2) is 0 Å². The fourth-order valence-electron chi connectivity index (χ4n) is 5.03. The summed E-state index contributed by atoms with van der Waals surface area (Å²) in [5.74, 6) is 0. The summed E-state index contributed by atoms with van der Waals surface area (Å²) >= 11 is 0. The highest BCUT2D eigenvalue weighted by atomic mass is 15.2. The van der Waals surface area contributed by atoms with Crippen molar-refractivity contribution in [1.82, 2.24) is 14.5 Å². The summed E-state index contributed by atoms with van der Waals surface area (Å²) in [6.07, 6.45) is 8.10. The van der Waals surface area contributed by atoms with E-state index in [9.17, 15) is 0 Å². The highest BCUT2D eigenvalue weighted by Gasteiger charge is 2.38. The van der Waals surface area contributed by atoms with E-state index in [4.69, 9.17) is 0 Å². The van der Waals surface area contributed by atoms with Crippen LogP contribution in [0, 0.1) is 0 Å². The van der Waals surface area contributed by atoms with Gasteiger partial charge >= 0.3 is 0 Å². The average Bonchev–Trinajstić information content (AvgIpc) is 2.94. The van der Waals surface area contributed by atoms with E-state index in [0.29, 0.717) is 12.1 Å². The maximum atomic E-state index is 4.52. The molecule has 3 aromatic rings. The monoisotopic (exact) mass is 331 g/mol. The largest absolute Gasteiger partial charge is 0.344 e. The molecule has 25 heavy (non-hydrogen) atoms. The van der Waals surface area contributed by atoms with Crippen LogP contribution in [0.2, 0.25) is 0 Å². The fourth-order valence-corrected chi connectivity index (χ4v) is 5.03. The van der Waals surface area contributed by atoms with E-state index in [-0.39, 0.29) is 0 Å². The molecule has 0 amide bonds. The molecule has 3 heteroatoms. The van der Waals surface area contributed by atoms with Crippen molar-refractivity contribution in [3.05, 3.63) is 65.6 Å². The number of benzene rings is 1. The van der Waals surface area contributed by atoms with Gasteiger partial charge in [0.1, 0.15) is 0 Å². The first kappa shape index (κ1) is 15.2. The molecule has 0 aliphatic carbocycles. The van der Waals surface area contributed by atoms with Gasteiger partial charge < -0.3 is 4.57 Å². The summed E-state index contributed by atoms with van der Waals surface area (Å²) in [6, 6.07) is 16.5. The third kappa shape index (κ3) is 2.41. The lowest BCUT2D eigenvalue weighted by Crippen LogP contribution is -2.44. The summed E-state index contributed by atoms with van der Waals surface area (Å²) in [5, 5.41) is 1.47. The Morgan fingerprint density at radius 1 is 1.08 bits per heavy atom. The first-order valence-electron chi connectivity index (χ1n) is 9.55. The second kappa shape index (κ2) is 5.99. The topological polar surface area (TPSA) is 21.1 Å². The second-order valence-electron chi connectivity index (χ2n) is 7.57. The molecule has 2 aliphatic rings. The highest BCUT2D eigenvalue weighted by Crippen LogP contribution is 2.45. The van der Waals surface area contributed by atoms with Crippen LogP contribution < -0.4 is 0 Å². The number of rotatable bonds is 3. The maximum absolute atomic E-state index is 4.52. The fraction of sp³-hybridized carbons (Fsp3) is 0.409. The minimum atomic E-state index is 0.600. The number of hydrogen-bond acceptors (Lipinski definition) is 2. The molecule has 2 aliphatic heterocycles. The Hall–Kier alpha value is -2.13. The second-order valence-corrected chi connectivity index (χ2v) is 7.57. The molecular weight excluding hydrogens is 306 g/mol. The number of aryl methyl sites for hydroxylation is 2. The Morgan fingerprint density at radius 2 is 1.96 bits per heavy atom. The van der Waals surface area contributed by atoms with Crippen molar-refractivity contribution in [3.63, 3.8) is 0 Å². The zero-order valence-electron chi connectivity index (χ0n) is 14.9. The normalized spacial score (nSPS) is 22.9. The smallest absolute Gasteiger partial charge is 0.0486 e. The Morgan fingerprint density at radius 3 is 2.84 bits per heavy atom. The number of aromatic nitrogens is 2. The van der Waals surface area contributed by atoms with E-state index >= 15 is 0 Å². The maximum Gasteiger partial charge on any atom is 0.0486 e. The number of piperidine rings is 1. The number of para-hydroxylation sites is 1. The molecule has 2 unspecified atom stereocenters. The summed E-state index contributed by atoms with van der Waals surface area (Å²) in [6.45, 7) is 1.02. The van der Waals surface area contributed by atoms with E-state index in [0.717, 1.165) is 13.0 Å². The molecule has 128 valence electrons. The molecular formula is C22H25N3. The molecule has 0 spiro atoms. The van der Waals surface area contributed by atoms with Crippen molar-refractivity contribution in [2.45, 2.75) is 50.7 Å². The SMILES string of the molecule is CN1C2CCCC1c1c(n(CCc3ccccn3)c3ccccc13)C2. The molecule has 5 rings (SSSR count). The molecule has 4 heterocycles. The third-order valence-electron chi connectivity index (χ3n) is 6.28. The minimum Gasteiger partial charge on any atom is -0.344 e. The first-order chi connectivity index (χ1) is 12.3. The number of hydrogen-bond donors (Lipinski definition) is 0. The molecule has 2 bridgehead atoms. The van der Waals surface area contributed by atoms with Crippen LogP contribution >= 0.6 is 0 Å². The van der Waals surface area contributed by atoms with Crippen LogP contribution in [0.4, 0.5) is 0 Å². The lowest BCUT2D eigenvalue weighted by molar-refractivity contribution is 0.0988. The van der Waals surface area contributed by atoms with Gasteiger partial charge in [-0.2, -0.15) is 0 Å². The predicted molar refractivity (Wildman–Crippen MR) is 102 cm³/mol. The van der Waals surface area contributed by atoms with Gasteiger partial charge in [0, 0.05) is 60.0 Å². The van der Waals surface area contributed by atoms with E-state index in [1.165, 1.54) is 42.3 Å². The number of likely N-dealkylation sites (N-methyl/N-ethyl adjacent to an activating group) is 1. The molecule has 0 saturated carbocycles. The molecule has 0 N–H and O–H groups in total. The van der Waals surface area contributed by atoms with Crippen molar-refractivity contribution < 1.29 is 0 Å². The van der Waals surface area contributed by atoms with Crippen LogP contribution in [-0.2, 0) is 19.4 Å². The van der Waals surface area contributed by atoms with Crippen LogP contribution in [0.1, 0.15) is 42.3 Å². The van der Waals surface area contributed by atoms with Gasteiger partial charge in [-0.1, -0.05) is 24.3 Å². The zero-order valence-corrected chi connectivity index (χ0v) is 14.9. The van der Waals surface area contributed by atoms with E-state index in [1.54, 1.807) is 11.3 Å². The van der Waals surface area contributed by atoms with E-state index < -0.39 is 0 Å². The standard InChI is InChI=1S/C22H25N3/c1-24-17-8-6-11-20(24)22-18-9-2-3-10-19(18)25(21(22)15-17)14-12-16-7-4-5-13-23-16/h2-5,7,9-10,13,17,20H,6,8,11-12,14-15H2,1H3. The van der Waals surface area contributed by atoms with Gasteiger partial charge in [0.25, 0.3) is 0 Å². The molecule has 1 aromatic carbocycles. The highest BCUT2D eigenvalue weighted by molar-refractivity contribution is 5.86. The summed E-state index contributed by atoms with van der Waals surface area (Å²) < 4.78 is 2.59. The van der Waals surface area contributed by atoms with Crippen LogP contribution in [0.3, 0.4) is 0 Å². The number of fused-ring (bicyclic) bond motifs is 6. The van der Waals surface area contributed by atoms with Gasteiger partial charge in [-0.05, 0) is 50.1 Å². The third-order valence-corrected chi connectivity index (χ3v) is 6.28. The van der Waals surface area contributed by atoms with Crippen molar-refractivity contribution in [3.8, 4) is 0 Å². The Labute approximate surface area is 149 Å². The van der Waals surface area contributed by atoms with Crippen LogP contribution in [0.15, 0.2) is 48.7 Å². The summed E-state index contributed by atoms with van der Waals surface area (Å²) in [4.78, 5) is 7.16. The number of pyridine rings is 1. The Bertz CT molecular complexity index is 896. The van der Waals surface area contributed by atoms with Crippen LogP contribution in [-0.4, -0.2) is 27.5 Å². The molecule has 3 nitrogen and oxygen atoms in total. The molecule has 2 atom stereocenters. The van der Waals surface area contributed by atoms with Gasteiger partial charge in [-0.15, -0.1) is 0 Å². The quantitative estimate of drug-likeness (QED) is 0.711. The molecule has 1 saturated heterocycles. The number of nitrogens with zero attached hydrogens (tertiary/aromatic N) is 3. The predicted octanol–water partition coefficient (Wildman–Crippen LogP) is 4.36. The Balaban J connectivity index is 1.61. The molecule has 2 aromatic heterocycles. The van der Waals surface area contributed by atoms with Gasteiger partial charge in [0.2, 0.25) is 0 Å². The summed E-state index contributed by atoms with van der Waals surface area (Å²) in [5.41, 5.74) is 5.78. The van der Waals surface area contributed by atoms with Gasteiger partial charge in [-0.25, -0.2) is 0 Å². The van der Waals surface area contributed by atoms with Crippen molar-refractivity contribution in [1.29, 1.82) is 0 Å². The van der Waals surface area contributed by atoms with E-state index in [2.05, 4.69) is 57.9 Å². The minimum absolute atomic E-state index is 0.600. The lowest BCUT2D eigenvalue weighted by Gasteiger charge is -2.44. The van der Waals surface area contributed by atoms with Crippen LogP contribution in [0.5, 0.6) is 0 Å². The molecule has 0 radical (unpaired) electrons. The Kier molecular flexibility index (Phi) is 3.63. The zero-order chi connectivity index (χ0) is 16.8. The first-order valence-corrected chi connectivity index (χ1v) is 9.55. The van der Waals surface area contributed by atoms with E-state index in [1.807, 2.05) is 12.3 Å². The average molecular weight is 331 g/mol. The molecule has 1 fully saturated rings. The lowest BCUT2D eigenvalue weighted by atomic mass is 9.82. The van der Waals surface area contributed by atoms with Gasteiger partial charge in [-0.3, -0.25) is 9.88 Å². The van der Waals surface area contributed by atoms with Crippen molar-refractivity contribution in [2.24, 2.45) is 0 Å². The van der Waals surface area contributed by atoms with Crippen LogP contribution in [0.25, 0.3) is 10.9 Å². The van der Waals surface area contributed by atoms with Crippen molar-refractivity contribution >= 4 is 10.9 Å².